The molecule has 1 aromatic heterocycles. The average Bonchev–Trinajstić information content (AvgIpc) is 2.95. The van der Waals surface area contributed by atoms with E-state index in [4.69, 9.17) is 31.5 Å². The molecule has 3 aromatic rings. The predicted molar refractivity (Wildman–Crippen MR) is 177 cm³/mol. The molecule has 44 heavy (non-hydrogen) atoms. The first-order valence-corrected chi connectivity index (χ1v) is 16.1. The zero-order chi connectivity index (χ0) is 32.3. The third kappa shape index (κ3) is 8.03. The van der Waals surface area contributed by atoms with E-state index in [9.17, 15) is 9.18 Å². The molecule has 0 unspecified atom stereocenters. The Morgan fingerprint density at radius 2 is 1.66 bits per heavy atom. The van der Waals surface area contributed by atoms with Gasteiger partial charge in [-0.25, -0.2) is 14.2 Å². The van der Waals surface area contributed by atoms with E-state index in [0.29, 0.717) is 40.3 Å². The fourth-order valence-electron chi connectivity index (χ4n) is 5.37. The number of anilines is 2. The summed E-state index contributed by atoms with van der Waals surface area (Å²) in [6.07, 6.45) is 2.78. The second-order valence-corrected chi connectivity index (χ2v) is 14.1. The molecule has 0 aliphatic carbocycles. The lowest BCUT2D eigenvalue weighted by atomic mass is 9.82. The fourth-order valence-corrected chi connectivity index (χ4v) is 6.24. The van der Waals surface area contributed by atoms with Crippen molar-refractivity contribution in [1.29, 1.82) is 0 Å². The molecule has 2 aromatic carbocycles. The Hall–Kier alpha value is -2.88. The molecule has 2 heterocycles. The maximum absolute atomic E-state index is 14.3. The highest BCUT2D eigenvalue weighted by molar-refractivity contribution is 9.10. The third-order valence-corrected chi connectivity index (χ3v) is 8.90. The van der Waals surface area contributed by atoms with Crippen molar-refractivity contribution in [2.24, 2.45) is 5.41 Å². The summed E-state index contributed by atoms with van der Waals surface area (Å²) >= 11 is 10.5. The van der Waals surface area contributed by atoms with E-state index < -0.39 is 17.2 Å². The van der Waals surface area contributed by atoms with Crippen LogP contribution in [-0.2, 0) is 21.6 Å². The Kier molecular flexibility index (Phi) is 10.5. The van der Waals surface area contributed by atoms with E-state index in [2.05, 4.69) is 39.7 Å². The van der Waals surface area contributed by atoms with Crippen molar-refractivity contribution in [2.75, 3.05) is 30.3 Å². The van der Waals surface area contributed by atoms with E-state index in [1.165, 1.54) is 12.1 Å². The zero-order valence-corrected chi connectivity index (χ0v) is 28.6. The molecule has 0 saturated carbocycles. The Morgan fingerprint density at radius 3 is 2.23 bits per heavy atom. The lowest BCUT2D eigenvalue weighted by Gasteiger charge is -2.43. The van der Waals surface area contributed by atoms with Gasteiger partial charge in [-0.2, -0.15) is 0 Å². The minimum Gasteiger partial charge on any atom is -0.493 e. The normalized spacial score (nSPS) is 16.3. The average molecular weight is 691 g/mol. The highest BCUT2D eigenvalue weighted by Gasteiger charge is 2.50. The summed E-state index contributed by atoms with van der Waals surface area (Å²) in [5.41, 5.74) is 6.27. The first-order chi connectivity index (χ1) is 20.6. The summed E-state index contributed by atoms with van der Waals surface area (Å²) in [6.45, 7) is 14.0. The monoisotopic (exact) mass is 689 g/mol. The number of nitrogen functional groups attached to an aromatic ring is 1. The largest absolute Gasteiger partial charge is 0.493 e. The quantitative estimate of drug-likeness (QED) is 0.130. The van der Waals surface area contributed by atoms with Gasteiger partial charge in [0.05, 0.1) is 27.9 Å². The number of carbonyl (C=O) groups is 1. The standard InChI is InChI=1S/C34H42BrClFN3O4/c1-7-34(44-32(2,3)4,26-28(27(35)30(38)39-29(26)36)40-19-17-33(5,6)18-20-40)31(41)43-25-14-12-24(13-15-25)42-21-16-22-8-10-23(37)11-9-22/h8-15H,7,16-21H2,1-6H3,(H2,38,39)/t34-/m0/s1. The SMILES string of the molecule is CC[C@@](OC(C)(C)C)(C(=O)Oc1ccc(OCCc2ccc(F)cc2)cc1)c1c(Cl)nc(N)c(Br)c1N1CCC(C)(C)CC1. The van der Waals surface area contributed by atoms with Crippen molar-refractivity contribution in [3.63, 3.8) is 0 Å². The number of pyridine rings is 1. The van der Waals surface area contributed by atoms with Gasteiger partial charge in [0.25, 0.3) is 0 Å². The summed E-state index contributed by atoms with van der Waals surface area (Å²) < 4.78 is 32.2. The van der Waals surface area contributed by atoms with Crippen LogP contribution in [0, 0.1) is 11.2 Å². The molecule has 2 N–H and O–H groups in total. The van der Waals surface area contributed by atoms with Crippen molar-refractivity contribution in [2.45, 2.75) is 78.4 Å². The molecule has 0 radical (unpaired) electrons. The van der Waals surface area contributed by atoms with E-state index in [-0.39, 0.29) is 28.6 Å². The number of aromatic nitrogens is 1. The van der Waals surface area contributed by atoms with Crippen LogP contribution in [0.3, 0.4) is 0 Å². The van der Waals surface area contributed by atoms with Crippen molar-refractivity contribution < 1.29 is 23.4 Å². The van der Waals surface area contributed by atoms with Gasteiger partial charge in [-0.15, -0.1) is 0 Å². The van der Waals surface area contributed by atoms with Crippen LogP contribution in [0.2, 0.25) is 5.15 Å². The van der Waals surface area contributed by atoms with Gasteiger partial charge >= 0.3 is 5.97 Å². The van der Waals surface area contributed by atoms with Crippen molar-refractivity contribution >= 4 is 45.0 Å². The second kappa shape index (κ2) is 13.6. The van der Waals surface area contributed by atoms with Crippen LogP contribution in [0.4, 0.5) is 15.9 Å². The number of rotatable bonds is 10. The molecule has 10 heteroatoms. The molecule has 0 amide bonds. The lowest BCUT2D eigenvalue weighted by molar-refractivity contribution is -0.185. The number of esters is 1. The highest BCUT2D eigenvalue weighted by atomic mass is 79.9. The molecular weight excluding hydrogens is 649 g/mol. The Labute approximate surface area is 273 Å². The summed E-state index contributed by atoms with van der Waals surface area (Å²) in [4.78, 5) is 20.9. The molecule has 1 fully saturated rings. The number of nitrogens with two attached hydrogens (primary N) is 1. The Balaban J connectivity index is 1.63. The summed E-state index contributed by atoms with van der Waals surface area (Å²) in [6, 6.07) is 13.2. The molecule has 0 bridgehead atoms. The molecule has 0 spiro atoms. The van der Waals surface area contributed by atoms with Crippen molar-refractivity contribution in [3.8, 4) is 11.5 Å². The molecular formula is C34H42BrClFN3O4. The summed E-state index contributed by atoms with van der Waals surface area (Å²) in [7, 11) is 0. The second-order valence-electron chi connectivity index (χ2n) is 13.0. The topological polar surface area (TPSA) is 86.9 Å². The van der Waals surface area contributed by atoms with Crippen molar-refractivity contribution in [3.05, 3.63) is 75.1 Å². The maximum atomic E-state index is 14.3. The van der Waals surface area contributed by atoms with Crippen LogP contribution in [-0.4, -0.2) is 36.3 Å². The smallest absolute Gasteiger partial charge is 0.348 e. The zero-order valence-electron chi connectivity index (χ0n) is 26.3. The van der Waals surface area contributed by atoms with Crippen LogP contribution < -0.4 is 20.1 Å². The van der Waals surface area contributed by atoms with Crippen LogP contribution in [0.25, 0.3) is 0 Å². The van der Waals surface area contributed by atoms with Gasteiger partial charge in [0.1, 0.15) is 28.3 Å². The molecule has 4 rings (SSSR count). The summed E-state index contributed by atoms with van der Waals surface area (Å²) in [5.74, 6) is 0.302. The highest BCUT2D eigenvalue weighted by Crippen LogP contribution is 2.49. The number of benzene rings is 2. The predicted octanol–water partition coefficient (Wildman–Crippen LogP) is 8.49. The van der Waals surface area contributed by atoms with Gasteiger partial charge in [-0.1, -0.05) is 44.5 Å². The Bertz CT molecular complexity index is 1450. The van der Waals surface area contributed by atoms with Gasteiger partial charge in [0.15, 0.2) is 5.60 Å². The van der Waals surface area contributed by atoms with E-state index in [1.54, 1.807) is 36.4 Å². The van der Waals surface area contributed by atoms with Gasteiger partial charge in [-0.3, -0.25) is 0 Å². The first-order valence-electron chi connectivity index (χ1n) is 14.9. The molecule has 1 aliphatic heterocycles. The molecule has 1 saturated heterocycles. The fraction of sp³-hybridized carbons (Fsp3) is 0.471. The molecule has 7 nitrogen and oxygen atoms in total. The number of halogens is 3. The van der Waals surface area contributed by atoms with Crippen LogP contribution in [0.5, 0.6) is 11.5 Å². The Morgan fingerprint density at radius 1 is 1.07 bits per heavy atom. The third-order valence-electron chi connectivity index (χ3n) is 7.85. The van der Waals surface area contributed by atoms with E-state index in [1.807, 2.05) is 27.7 Å². The van der Waals surface area contributed by atoms with Crippen molar-refractivity contribution in [1.82, 2.24) is 4.98 Å². The summed E-state index contributed by atoms with van der Waals surface area (Å²) in [5, 5.41) is 0.0958. The van der Waals surface area contributed by atoms with E-state index >= 15 is 0 Å². The number of nitrogens with zero attached hydrogens (tertiary/aromatic N) is 2. The molecule has 1 atom stereocenters. The maximum Gasteiger partial charge on any atom is 0.348 e. The molecule has 238 valence electrons. The number of hydrogen-bond donors (Lipinski definition) is 1. The van der Waals surface area contributed by atoms with E-state index in [0.717, 1.165) is 31.5 Å². The number of hydrogen-bond acceptors (Lipinski definition) is 7. The van der Waals surface area contributed by atoms with Crippen LogP contribution >= 0.6 is 27.5 Å². The first kappa shape index (κ1) is 34.0. The number of carbonyl (C=O) groups excluding carboxylic acids is 1. The van der Waals surface area contributed by atoms with Gasteiger partial charge in [-0.05, 0) is 103 Å². The van der Waals surface area contributed by atoms with Gasteiger partial charge in [0.2, 0.25) is 0 Å². The lowest BCUT2D eigenvalue weighted by Crippen LogP contribution is -2.48. The molecule has 1 aliphatic rings. The minimum absolute atomic E-state index is 0.0958. The van der Waals surface area contributed by atoms with Crippen LogP contribution in [0.15, 0.2) is 53.0 Å². The van der Waals surface area contributed by atoms with Gasteiger partial charge in [0, 0.05) is 19.5 Å². The van der Waals surface area contributed by atoms with Gasteiger partial charge < -0.3 is 24.8 Å². The number of ether oxygens (including phenoxy) is 3. The minimum atomic E-state index is -1.59. The van der Waals surface area contributed by atoms with Crippen LogP contribution in [0.1, 0.15) is 71.9 Å². The number of piperidine rings is 1.